The normalized spacial score (nSPS) is 17.3. The van der Waals surface area contributed by atoms with Gasteiger partial charge in [-0.15, -0.1) is 0 Å². The van der Waals surface area contributed by atoms with E-state index in [-0.39, 0.29) is 17.8 Å². The van der Waals surface area contributed by atoms with Gasteiger partial charge in [-0.3, -0.25) is 14.9 Å². The Morgan fingerprint density at radius 2 is 1.96 bits per heavy atom. The van der Waals surface area contributed by atoms with E-state index >= 15 is 0 Å². The van der Waals surface area contributed by atoms with Gasteiger partial charge in [-0.2, -0.15) is 0 Å². The van der Waals surface area contributed by atoms with Crippen molar-refractivity contribution in [2.75, 3.05) is 12.3 Å². The minimum absolute atomic E-state index is 0.00951. The second-order valence-electron chi connectivity index (χ2n) is 5.96. The number of carbonyl (C=O) groups is 1. The number of aliphatic hydroxyl groups is 1. The number of halogens is 1. The third-order valence-corrected chi connectivity index (χ3v) is 4.18. The van der Waals surface area contributed by atoms with Gasteiger partial charge >= 0.3 is 0 Å². The maximum Gasteiger partial charge on any atom is 0.295 e. The van der Waals surface area contributed by atoms with Crippen LogP contribution >= 0.6 is 0 Å². The fraction of sp³-hybridized carbons (Fsp3) is 0.533. The molecule has 1 aliphatic carbocycles. The highest BCUT2D eigenvalue weighted by molar-refractivity contribution is 6.01. The molecular weight excluding hydrogens is 305 g/mol. The van der Waals surface area contributed by atoms with Crippen LogP contribution in [-0.2, 0) is 0 Å². The molecule has 0 radical (unpaired) electrons. The van der Waals surface area contributed by atoms with Crippen LogP contribution < -0.4 is 11.1 Å². The van der Waals surface area contributed by atoms with Gasteiger partial charge in [0.1, 0.15) is 11.5 Å². The van der Waals surface area contributed by atoms with Gasteiger partial charge in [0.15, 0.2) is 0 Å². The number of carbonyl (C=O) groups excluding carboxylic acids is 1. The largest absolute Gasteiger partial charge is 0.393 e. The Hall–Kier alpha value is -2.22. The first-order valence-electron chi connectivity index (χ1n) is 7.56. The number of nitrogens with one attached hydrogen (secondary N) is 1. The predicted octanol–water partition coefficient (Wildman–Crippen LogP) is 2.13. The average molecular weight is 325 g/mol. The number of nitro benzene ring substituents is 1. The summed E-state index contributed by atoms with van der Waals surface area (Å²) in [6.45, 7) is 0.00951. The number of benzene rings is 1. The highest BCUT2D eigenvalue weighted by Gasteiger charge is 2.29. The molecule has 1 fully saturated rings. The lowest BCUT2D eigenvalue weighted by Crippen LogP contribution is -2.42. The van der Waals surface area contributed by atoms with E-state index in [1.807, 2.05) is 0 Å². The lowest BCUT2D eigenvalue weighted by atomic mass is 9.94. The Labute approximate surface area is 132 Å². The molecule has 0 aliphatic heterocycles. The van der Waals surface area contributed by atoms with Crippen LogP contribution in [0.3, 0.4) is 0 Å². The topological polar surface area (TPSA) is 118 Å². The molecule has 1 aromatic carbocycles. The van der Waals surface area contributed by atoms with E-state index in [1.54, 1.807) is 0 Å². The maximum absolute atomic E-state index is 13.5. The molecular formula is C15H20FN3O4. The highest BCUT2D eigenvalue weighted by Crippen LogP contribution is 2.28. The molecule has 1 aromatic rings. The number of rotatable bonds is 4. The second-order valence-corrected chi connectivity index (χ2v) is 5.96. The zero-order chi connectivity index (χ0) is 17.0. The van der Waals surface area contributed by atoms with Crippen molar-refractivity contribution in [3.63, 3.8) is 0 Å². The molecule has 1 amide bonds. The summed E-state index contributed by atoms with van der Waals surface area (Å²) in [6, 6.07) is 1.53. The quantitative estimate of drug-likeness (QED) is 0.339. The molecule has 2 rings (SSSR count). The SMILES string of the molecule is Nc1c(C(=O)NCC2(O)CCCCCC2)cc(F)cc1[N+](=O)[O-]. The Bertz CT molecular complexity index is 613. The van der Waals surface area contributed by atoms with Gasteiger partial charge in [0.05, 0.1) is 22.2 Å². The van der Waals surface area contributed by atoms with E-state index in [9.17, 15) is 24.4 Å². The molecule has 1 saturated carbocycles. The summed E-state index contributed by atoms with van der Waals surface area (Å²) in [7, 11) is 0. The fourth-order valence-electron chi connectivity index (χ4n) is 2.85. The molecule has 7 nitrogen and oxygen atoms in total. The summed E-state index contributed by atoms with van der Waals surface area (Å²) in [6.07, 6.45) is 4.98. The molecule has 1 aliphatic rings. The van der Waals surface area contributed by atoms with Crippen LogP contribution in [0.1, 0.15) is 48.9 Å². The van der Waals surface area contributed by atoms with Crippen LogP contribution in [0.15, 0.2) is 12.1 Å². The fourth-order valence-corrected chi connectivity index (χ4v) is 2.85. The van der Waals surface area contributed by atoms with Crippen LogP contribution in [0, 0.1) is 15.9 Å². The molecule has 0 bridgehead atoms. The Kier molecular flexibility index (Phi) is 5.15. The van der Waals surface area contributed by atoms with Gasteiger partial charge < -0.3 is 16.2 Å². The van der Waals surface area contributed by atoms with Crippen LogP contribution in [-0.4, -0.2) is 28.1 Å². The minimum atomic E-state index is -1.000. The highest BCUT2D eigenvalue weighted by atomic mass is 19.1. The Morgan fingerprint density at radius 1 is 1.35 bits per heavy atom. The molecule has 8 heteroatoms. The van der Waals surface area contributed by atoms with Gasteiger partial charge in [0, 0.05) is 6.54 Å². The number of hydrogen-bond donors (Lipinski definition) is 3. The third kappa shape index (κ3) is 4.16. The predicted molar refractivity (Wildman–Crippen MR) is 82.5 cm³/mol. The molecule has 126 valence electrons. The van der Waals surface area contributed by atoms with Crippen molar-refractivity contribution in [1.82, 2.24) is 5.32 Å². The van der Waals surface area contributed by atoms with Gasteiger partial charge in [-0.05, 0) is 18.9 Å². The molecule has 0 aromatic heterocycles. The molecule has 0 saturated heterocycles. The number of nitrogens with two attached hydrogens (primary N) is 1. The monoisotopic (exact) mass is 325 g/mol. The Morgan fingerprint density at radius 3 is 2.52 bits per heavy atom. The zero-order valence-electron chi connectivity index (χ0n) is 12.7. The van der Waals surface area contributed by atoms with E-state index < -0.39 is 27.9 Å². The lowest BCUT2D eigenvalue weighted by Gasteiger charge is -2.26. The van der Waals surface area contributed by atoms with Crippen LogP contribution in [0.25, 0.3) is 0 Å². The van der Waals surface area contributed by atoms with E-state index in [0.717, 1.165) is 31.7 Å². The van der Waals surface area contributed by atoms with Crippen molar-refractivity contribution < 1.29 is 19.2 Å². The molecule has 23 heavy (non-hydrogen) atoms. The van der Waals surface area contributed by atoms with Crippen molar-refractivity contribution in [3.8, 4) is 0 Å². The summed E-state index contributed by atoms with van der Waals surface area (Å²) >= 11 is 0. The average Bonchev–Trinajstić information content (AvgIpc) is 2.72. The molecule has 0 spiro atoms. The summed E-state index contributed by atoms with van der Waals surface area (Å²) in [4.78, 5) is 22.2. The second kappa shape index (κ2) is 6.91. The van der Waals surface area contributed by atoms with Crippen molar-refractivity contribution in [1.29, 1.82) is 0 Å². The summed E-state index contributed by atoms with van der Waals surface area (Å²) in [5, 5.41) is 23.8. The lowest BCUT2D eigenvalue weighted by molar-refractivity contribution is -0.384. The molecule has 0 atom stereocenters. The minimum Gasteiger partial charge on any atom is -0.393 e. The number of nitro groups is 1. The first-order valence-corrected chi connectivity index (χ1v) is 7.56. The molecule has 0 unspecified atom stereocenters. The van der Waals surface area contributed by atoms with Crippen molar-refractivity contribution in [2.45, 2.75) is 44.1 Å². The first kappa shape index (κ1) is 17.1. The van der Waals surface area contributed by atoms with Crippen LogP contribution in [0.2, 0.25) is 0 Å². The van der Waals surface area contributed by atoms with Gasteiger partial charge in [-0.1, -0.05) is 25.7 Å². The molecule has 4 N–H and O–H groups in total. The van der Waals surface area contributed by atoms with Crippen molar-refractivity contribution in [2.24, 2.45) is 0 Å². The van der Waals surface area contributed by atoms with E-state index in [4.69, 9.17) is 5.73 Å². The van der Waals surface area contributed by atoms with Crippen molar-refractivity contribution in [3.05, 3.63) is 33.6 Å². The number of nitrogen functional groups attached to an aromatic ring is 1. The van der Waals surface area contributed by atoms with Gasteiger partial charge in [0.25, 0.3) is 11.6 Å². The maximum atomic E-state index is 13.5. The summed E-state index contributed by atoms with van der Waals surface area (Å²) in [5.41, 5.74) is 3.26. The smallest absolute Gasteiger partial charge is 0.295 e. The Balaban J connectivity index is 2.13. The van der Waals surface area contributed by atoms with E-state index in [2.05, 4.69) is 5.32 Å². The zero-order valence-corrected chi connectivity index (χ0v) is 12.7. The number of anilines is 1. The first-order chi connectivity index (χ1) is 10.8. The number of amides is 1. The van der Waals surface area contributed by atoms with Crippen molar-refractivity contribution >= 4 is 17.3 Å². The van der Waals surface area contributed by atoms with Crippen LogP contribution in [0.4, 0.5) is 15.8 Å². The molecule has 0 heterocycles. The van der Waals surface area contributed by atoms with Gasteiger partial charge in [-0.25, -0.2) is 4.39 Å². The van der Waals surface area contributed by atoms with E-state index in [1.165, 1.54) is 0 Å². The van der Waals surface area contributed by atoms with Gasteiger partial charge in [0.2, 0.25) is 0 Å². The standard InChI is InChI=1S/C15H20FN3O4/c16-10-7-11(13(17)12(8-10)19(22)23)14(20)18-9-15(21)5-3-1-2-4-6-15/h7-8,21H,1-6,9,17H2,(H,18,20). The summed E-state index contributed by atoms with van der Waals surface area (Å²) < 4.78 is 13.5. The third-order valence-electron chi connectivity index (χ3n) is 4.18. The van der Waals surface area contributed by atoms with E-state index in [0.29, 0.717) is 18.9 Å². The number of nitrogens with zero attached hydrogens (tertiary/aromatic N) is 1. The number of hydrogen-bond acceptors (Lipinski definition) is 5. The summed E-state index contributed by atoms with van der Waals surface area (Å²) in [5.74, 6) is -1.65. The van der Waals surface area contributed by atoms with Crippen LogP contribution in [0.5, 0.6) is 0 Å².